The second-order valence-corrected chi connectivity index (χ2v) is 4.82. The molecule has 0 fully saturated rings. The van der Waals surface area contributed by atoms with Crippen molar-refractivity contribution in [2.24, 2.45) is 5.73 Å². The zero-order chi connectivity index (χ0) is 13.9. The summed E-state index contributed by atoms with van der Waals surface area (Å²) >= 11 is 0. The molecule has 0 aliphatic rings. The highest BCUT2D eigenvalue weighted by Crippen LogP contribution is 2.11. The van der Waals surface area contributed by atoms with Gasteiger partial charge in [-0.3, -0.25) is 0 Å². The summed E-state index contributed by atoms with van der Waals surface area (Å²) in [6.07, 6.45) is 7.08. The summed E-state index contributed by atoms with van der Waals surface area (Å²) in [5.74, 6) is -0.334. The van der Waals surface area contributed by atoms with Crippen LogP contribution in [-0.4, -0.2) is 12.6 Å². The fraction of sp³-hybridized carbons (Fsp3) is 0.562. The van der Waals surface area contributed by atoms with Crippen LogP contribution in [0.5, 0.6) is 0 Å². The summed E-state index contributed by atoms with van der Waals surface area (Å²) in [4.78, 5) is 11.7. The molecule has 0 aromatic heterocycles. The van der Waals surface area contributed by atoms with Crippen molar-refractivity contribution in [3.05, 3.63) is 35.9 Å². The minimum absolute atomic E-state index is 0.334. The molecule has 0 saturated carbocycles. The van der Waals surface area contributed by atoms with Gasteiger partial charge in [0.2, 0.25) is 0 Å². The van der Waals surface area contributed by atoms with E-state index in [0.717, 1.165) is 18.4 Å². The molecule has 0 aliphatic heterocycles. The predicted molar refractivity (Wildman–Crippen MR) is 77.7 cm³/mol. The first-order valence-electron chi connectivity index (χ1n) is 7.23. The lowest BCUT2D eigenvalue weighted by Gasteiger charge is -2.11. The highest BCUT2D eigenvalue weighted by Gasteiger charge is 2.16. The number of carbonyl (C=O) groups excluding carboxylic acids is 1. The number of benzene rings is 1. The van der Waals surface area contributed by atoms with Crippen molar-refractivity contribution in [3.8, 4) is 0 Å². The van der Waals surface area contributed by atoms with Crippen molar-refractivity contribution in [1.29, 1.82) is 0 Å². The highest BCUT2D eigenvalue weighted by molar-refractivity contribution is 5.77. The maximum absolute atomic E-state index is 11.7. The van der Waals surface area contributed by atoms with Crippen molar-refractivity contribution in [2.45, 2.75) is 51.5 Å². The molecular formula is C16H25NO2. The van der Waals surface area contributed by atoms with Gasteiger partial charge in [-0.25, -0.2) is 4.79 Å². The number of esters is 1. The normalized spacial score (nSPS) is 12.1. The first-order valence-corrected chi connectivity index (χ1v) is 7.23. The quantitative estimate of drug-likeness (QED) is 0.547. The number of ether oxygens (including phenoxy) is 1. The Balaban J connectivity index is 2.14. The SMILES string of the molecule is CCCCCCCCOC(=O)C(N)c1ccccc1. The number of hydrogen-bond donors (Lipinski definition) is 1. The van der Waals surface area contributed by atoms with E-state index in [9.17, 15) is 4.79 Å². The van der Waals surface area contributed by atoms with Crippen molar-refractivity contribution >= 4 is 5.97 Å². The minimum atomic E-state index is -0.665. The molecule has 106 valence electrons. The van der Waals surface area contributed by atoms with Gasteiger partial charge in [-0.1, -0.05) is 69.4 Å². The van der Waals surface area contributed by atoms with Crippen LogP contribution < -0.4 is 5.73 Å². The van der Waals surface area contributed by atoms with Crippen LogP contribution in [0.4, 0.5) is 0 Å². The van der Waals surface area contributed by atoms with Crippen molar-refractivity contribution < 1.29 is 9.53 Å². The molecule has 0 bridgehead atoms. The molecule has 0 saturated heterocycles. The molecule has 1 aromatic rings. The number of unbranched alkanes of at least 4 members (excludes halogenated alkanes) is 5. The Bertz CT molecular complexity index is 351. The van der Waals surface area contributed by atoms with Gasteiger partial charge in [-0.2, -0.15) is 0 Å². The third-order valence-electron chi connectivity index (χ3n) is 3.15. The predicted octanol–water partition coefficient (Wildman–Crippen LogP) is 3.59. The van der Waals surface area contributed by atoms with Gasteiger partial charge in [0.1, 0.15) is 6.04 Å². The van der Waals surface area contributed by atoms with Crippen molar-refractivity contribution in [1.82, 2.24) is 0 Å². The van der Waals surface area contributed by atoms with E-state index in [2.05, 4.69) is 6.92 Å². The molecule has 19 heavy (non-hydrogen) atoms. The Hall–Kier alpha value is -1.35. The first-order chi connectivity index (χ1) is 9.25. The smallest absolute Gasteiger partial charge is 0.327 e. The molecule has 3 heteroatoms. The van der Waals surface area contributed by atoms with E-state index in [1.165, 1.54) is 25.7 Å². The Labute approximate surface area is 116 Å². The summed E-state index contributed by atoms with van der Waals surface area (Å²) in [7, 11) is 0. The summed E-state index contributed by atoms with van der Waals surface area (Å²) < 4.78 is 5.20. The summed E-state index contributed by atoms with van der Waals surface area (Å²) in [5.41, 5.74) is 6.65. The second-order valence-electron chi connectivity index (χ2n) is 4.82. The Morgan fingerprint density at radius 1 is 1.11 bits per heavy atom. The number of hydrogen-bond acceptors (Lipinski definition) is 3. The van der Waals surface area contributed by atoms with E-state index < -0.39 is 6.04 Å². The van der Waals surface area contributed by atoms with E-state index in [0.29, 0.717) is 6.61 Å². The Kier molecular flexibility index (Phi) is 7.91. The lowest BCUT2D eigenvalue weighted by atomic mass is 10.1. The number of carbonyl (C=O) groups is 1. The monoisotopic (exact) mass is 263 g/mol. The molecule has 0 amide bonds. The van der Waals surface area contributed by atoms with Crippen LogP contribution in [0, 0.1) is 0 Å². The fourth-order valence-corrected chi connectivity index (χ4v) is 1.94. The lowest BCUT2D eigenvalue weighted by Crippen LogP contribution is -2.24. The molecular weight excluding hydrogens is 238 g/mol. The minimum Gasteiger partial charge on any atom is -0.464 e. The third-order valence-corrected chi connectivity index (χ3v) is 3.15. The van der Waals surface area contributed by atoms with Crippen LogP contribution in [-0.2, 0) is 9.53 Å². The summed E-state index contributed by atoms with van der Waals surface area (Å²) in [5, 5.41) is 0. The van der Waals surface area contributed by atoms with Crippen LogP contribution in [0.1, 0.15) is 57.1 Å². The van der Waals surface area contributed by atoms with Gasteiger partial charge in [-0.05, 0) is 12.0 Å². The lowest BCUT2D eigenvalue weighted by molar-refractivity contribution is -0.145. The number of rotatable bonds is 9. The maximum Gasteiger partial charge on any atom is 0.327 e. The highest BCUT2D eigenvalue weighted by atomic mass is 16.5. The average molecular weight is 263 g/mol. The first kappa shape index (κ1) is 15.7. The van der Waals surface area contributed by atoms with Gasteiger partial charge in [0.15, 0.2) is 0 Å². The molecule has 0 aliphatic carbocycles. The van der Waals surface area contributed by atoms with Crippen LogP contribution in [0.3, 0.4) is 0 Å². The zero-order valence-electron chi connectivity index (χ0n) is 11.8. The molecule has 1 rings (SSSR count). The van der Waals surface area contributed by atoms with Crippen molar-refractivity contribution in [3.63, 3.8) is 0 Å². The third kappa shape index (κ3) is 6.39. The molecule has 0 heterocycles. The Morgan fingerprint density at radius 2 is 1.74 bits per heavy atom. The average Bonchev–Trinajstić information content (AvgIpc) is 2.46. The van der Waals surface area contributed by atoms with Crippen LogP contribution in [0.15, 0.2) is 30.3 Å². The molecule has 3 nitrogen and oxygen atoms in total. The number of nitrogens with two attached hydrogens (primary N) is 1. The standard InChI is InChI=1S/C16H25NO2/c1-2-3-4-5-6-10-13-19-16(18)15(17)14-11-8-7-9-12-14/h7-9,11-12,15H,2-6,10,13,17H2,1H3. The molecule has 1 aromatic carbocycles. The van der Waals surface area contributed by atoms with Gasteiger partial charge in [-0.15, -0.1) is 0 Å². The van der Waals surface area contributed by atoms with Gasteiger partial charge in [0, 0.05) is 0 Å². The van der Waals surface area contributed by atoms with Crippen LogP contribution in [0.2, 0.25) is 0 Å². The van der Waals surface area contributed by atoms with E-state index in [1.807, 2.05) is 30.3 Å². The molecule has 1 atom stereocenters. The van der Waals surface area contributed by atoms with E-state index >= 15 is 0 Å². The van der Waals surface area contributed by atoms with Gasteiger partial charge >= 0.3 is 5.97 Å². The van der Waals surface area contributed by atoms with Gasteiger partial charge < -0.3 is 10.5 Å². The second kappa shape index (κ2) is 9.56. The molecule has 2 N–H and O–H groups in total. The van der Waals surface area contributed by atoms with Crippen LogP contribution in [0.25, 0.3) is 0 Å². The summed E-state index contributed by atoms with van der Waals surface area (Å²) in [6, 6.07) is 8.67. The van der Waals surface area contributed by atoms with Gasteiger partial charge in [0.25, 0.3) is 0 Å². The van der Waals surface area contributed by atoms with Gasteiger partial charge in [0.05, 0.1) is 6.61 Å². The molecule has 1 unspecified atom stereocenters. The van der Waals surface area contributed by atoms with E-state index in [-0.39, 0.29) is 5.97 Å². The van der Waals surface area contributed by atoms with E-state index in [1.54, 1.807) is 0 Å². The topological polar surface area (TPSA) is 52.3 Å². The van der Waals surface area contributed by atoms with Crippen molar-refractivity contribution in [2.75, 3.05) is 6.61 Å². The summed E-state index contributed by atoms with van der Waals surface area (Å²) in [6.45, 7) is 2.68. The van der Waals surface area contributed by atoms with E-state index in [4.69, 9.17) is 10.5 Å². The molecule has 0 spiro atoms. The largest absolute Gasteiger partial charge is 0.464 e. The Morgan fingerprint density at radius 3 is 2.42 bits per heavy atom. The zero-order valence-corrected chi connectivity index (χ0v) is 11.8. The molecule has 0 radical (unpaired) electrons. The maximum atomic E-state index is 11.7. The van der Waals surface area contributed by atoms with Crippen LogP contribution >= 0.6 is 0 Å². The fourth-order valence-electron chi connectivity index (χ4n) is 1.94.